The van der Waals surface area contributed by atoms with Crippen LogP contribution in [0.15, 0.2) is 60.7 Å². The van der Waals surface area contributed by atoms with E-state index in [2.05, 4.69) is 71.5 Å². The van der Waals surface area contributed by atoms with Crippen LogP contribution in [0.5, 0.6) is 0 Å². The van der Waals surface area contributed by atoms with Gasteiger partial charge in [0, 0.05) is 18.0 Å². The fraction of sp³-hybridized carbons (Fsp3) is 0.211. The summed E-state index contributed by atoms with van der Waals surface area (Å²) in [6.07, 6.45) is 0. The number of anilines is 1. The molecule has 0 saturated heterocycles. The molecular weight excluding hydrogens is 270 g/mol. The molecule has 0 amide bonds. The monoisotopic (exact) mass is 289 g/mol. The molecule has 3 nitrogen and oxygen atoms in total. The van der Waals surface area contributed by atoms with E-state index in [0.717, 1.165) is 24.6 Å². The van der Waals surface area contributed by atoms with Gasteiger partial charge in [0.2, 0.25) is 0 Å². The molecule has 0 fully saturated rings. The number of hydrogen-bond donors (Lipinski definition) is 1. The van der Waals surface area contributed by atoms with Gasteiger partial charge >= 0.3 is 0 Å². The van der Waals surface area contributed by atoms with Gasteiger partial charge in [-0.3, -0.25) is 0 Å². The Morgan fingerprint density at radius 1 is 1.00 bits per heavy atom. The molecule has 4 rings (SSSR count). The summed E-state index contributed by atoms with van der Waals surface area (Å²) in [6.45, 7) is 3.97. The van der Waals surface area contributed by atoms with Crippen LogP contribution in [0, 0.1) is 6.92 Å². The molecule has 1 aromatic heterocycles. The van der Waals surface area contributed by atoms with Crippen molar-refractivity contribution in [2.45, 2.75) is 19.4 Å². The maximum atomic E-state index is 4.76. The highest BCUT2D eigenvalue weighted by Gasteiger charge is 2.24. The van der Waals surface area contributed by atoms with Crippen LogP contribution in [0.3, 0.4) is 0 Å². The lowest BCUT2D eigenvalue weighted by Crippen LogP contribution is -2.26. The first-order valence-electron chi connectivity index (χ1n) is 7.74. The topological polar surface area (TPSA) is 29.9 Å². The summed E-state index contributed by atoms with van der Waals surface area (Å²) in [5, 5.41) is 8.36. The van der Waals surface area contributed by atoms with Gasteiger partial charge in [-0.25, -0.2) is 4.68 Å². The Labute approximate surface area is 130 Å². The third-order valence-electron chi connectivity index (χ3n) is 4.37. The zero-order valence-corrected chi connectivity index (χ0v) is 12.7. The van der Waals surface area contributed by atoms with Crippen molar-refractivity contribution in [1.82, 2.24) is 9.78 Å². The number of aryl methyl sites for hydroxylation is 1. The van der Waals surface area contributed by atoms with E-state index in [-0.39, 0.29) is 0 Å². The summed E-state index contributed by atoms with van der Waals surface area (Å²) in [4.78, 5) is 0. The standard InChI is InChI=1S/C19H19N3/c1-14-18(16-10-6-3-7-11-16)19-20-12-17(13-22(19)21-14)15-8-4-2-5-9-15/h2-11,17,20H,12-13H2,1H3. The summed E-state index contributed by atoms with van der Waals surface area (Å²) in [5.41, 5.74) is 4.91. The van der Waals surface area contributed by atoms with Crippen LogP contribution in [0.2, 0.25) is 0 Å². The van der Waals surface area contributed by atoms with E-state index in [1.807, 2.05) is 6.07 Å². The molecule has 1 atom stereocenters. The third-order valence-corrected chi connectivity index (χ3v) is 4.37. The van der Waals surface area contributed by atoms with E-state index >= 15 is 0 Å². The van der Waals surface area contributed by atoms with Crippen molar-refractivity contribution in [3.05, 3.63) is 71.9 Å². The third kappa shape index (κ3) is 2.19. The average Bonchev–Trinajstić information content (AvgIpc) is 2.91. The molecular formula is C19H19N3. The number of hydrogen-bond acceptors (Lipinski definition) is 2. The first kappa shape index (κ1) is 13.1. The van der Waals surface area contributed by atoms with Gasteiger partial charge in [0.15, 0.2) is 0 Å². The number of aromatic nitrogens is 2. The number of nitrogens with one attached hydrogen (secondary N) is 1. The lowest BCUT2D eigenvalue weighted by atomic mass is 9.97. The predicted molar refractivity (Wildman–Crippen MR) is 90.1 cm³/mol. The fourth-order valence-electron chi connectivity index (χ4n) is 3.29. The van der Waals surface area contributed by atoms with Crippen molar-refractivity contribution in [2.75, 3.05) is 11.9 Å². The molecule has 3 heteroatoms. The van der Waals surface area contributed by atoms with Crippen LogP contribution in [0.4, 0.5) is 5.82 Å². The summed E-state index contributed by atoms with van der Waals surface area (Å²) in [6, 6.07) is 21.2. The Kier molecular flexibility index (Phi) is 3.19. The van der Waals surface area contributed by atoms with Crippen molar-refractivity contribution < 1.29 is 0 Å². The quantitative estimate of drug-likeness (QED) is 0.770. The first-order valence-corrected chi connectivity index (χ1v) is 7.74. The van der Waals surface area contributed by atoms with E-state index in [9.17, 15) is 0 Å². The molecule has 2 aromatic carbocycles. The van der Waals surface area contributed by atoms with E-state index in [1.165, 1.54) is 16.7 Å². The molecule has 2 heterocycles. The highest BCUT2D eigenvalue weighted by atomic mass is 15.3. The lowest BCUT2D eigenvalue weighted by molar-refractivity contribution is 0.503. The molecule has 1 aliphatic heterocycles. The molecule has 1 N–H and O–H groups in total. The maximum absolute atomic E-state index is 4.76. The molecule has 0 aliphatic carbocycles. The summed E-state index contributed by atoms with van der Waals surface area (Å²) < 4.78 is 2.12. The second-order valence-corrected chi connectivity index (χ2v) is 5.85. The molecule has 1 unspecified atom stereocenters. The smallest absolute Gasteiger partial charge is 0.132 e. The summed E-state index contributed by atoms with van der Waals surface area (Å²) in [7, 11) is 0. The van der Waals surface area contributed by atoms with Crippen LogP contribution in [0.25, 0.3) is 11.1 Å². The van der Waals surface area contributed by atoms with Crippen molar-refractivity contribution in [1.29, 1.82) is 0 Å². The second-order valence-electron chi connectivity index (χ2n) is 5.85. The first-order chi connectivity index (χ1) is 10.8. The fourth-order valence-corrected chi connectivity index (χ4v) is 3.29. The van der Waals surface area contributed by atoms with Crippen LogP contribution in [-0.2, 0) is 6.54 Å². The summed E-state index contributed by atoms with van der Waals surface area (Å²) in [5.74, 6) is 1.62. The van der Waals surface area contributed by atoms with Crippen LogP contribution >= 0.6 is 0 Å². The Hall–Kier alpha value is -2.55. The van der Waals surface area contributed by atoms with E-state index in [1.54, 1.807) is 0 Å². The molecule has 1 aliphatic rings. The van der Waals surface area contributed by atoms with Crippen LogP contribution in [-0.4, -0.2) is 16.3 Å². The van der Waals surface area contributed by atoms with Crippen molar-refractivity contribution in [3.63, 3.8) is 0 Å². The largest absolute Gasteiger partial charge is 0.369 e. The predicted octanol–water partition coefficient (Wildman–Crippen LogP) is 4.07. The van der Waals surface area contributed by atoms with Crippen LogP contribution < -0.4 is 5.32 Å². The van der Waals surface area contributed by atoms with Gasteiger partial charge in [-0.1, -0.05) is 60.7 Å². The van der Waals surface area contributed by atoms with Gasteiger partial charge in [-0.15, -0.1) is 0 Å². The number of benzene rings is 2. The lowest BCUT2D eigenvalue weighted by Gasteiger charge is -2.26. The normalized spacial score (nSPS) is 16.9. The van der Waals surface area contributed by atoms with Gasteiger partial charge in [-0.05, 0) is 18.1 Å². The van der Waals surface area contributed by atoms with Crippen LogP contribution in [0.1, 0.15) is 17.2 Å². The minimum absolute atomic E-state index is 0.469. The molecule has 0 radical (unpaired) electrons. The van der Waals surface area contributed by atoms with Gasteiger partial charge in [0.25, 0.3) is 0 Å². The summed E-state index contributed by atoms with van der Waals surface area (Å²) >= 11 is 0. The van der Waals surface area contributed by atoms with Gasteiger partial charge in [0.1, 0.15) is 5.82 Å². The molecule has 3 aromatic rings. The van der Waals surface area contributed by atoms with Gasteiger partial charge in [-0.2, -0.15) is 5.10 Å². The van der Waals surface area contributed by atoms with E-state index in [0.29, 0.717) is 5.92 Å². The van der Waals surface area contributed by atoms with Crippen molar-refractivity contribution >= 4 is 5.82 Å². The maximum Gasteiger partial charge on any atom is 0.132 e. The Balaban J connectivity index is 1.71. The average molecular weight is 289 g/mol. The van der Waals surface area contributed by atoms with E-state index < -0.39 is 0 Å². The Morgan fingerprint density at radius 2 is 1.68 bits per heavy atom. The minimum atomic E-state index is 0.469. The molecule has 110 valence electrons. The highest BCUT2D eigenvalue weighted by Crippen LogP contribution is 2.35. The van der Waals surface area contributed by atoms with Gasteiger partial charge < -0.3 is 5.32 Å². The highest BCUT2D eigenvalue weighted by molar-refractivity contribution is 5.78. The molecule has 22 heavy (non-hydrogen) atoms. The number of rotatable bonds is 2. The minimum Gasteiger partial charge on any atom is -0.369 e. The van der Waals surface area contributed by atoms with Gasteiger partial charge in [0.05, 0.1) is 12.2 Å². The zero-order valence-electron chi connectivity index (χ0n) is 12.7. The van der Waals surface area contributed by atoms with Crippen molar-refractivity contribution in [2.24, 2.45) is 0 Å². The van der Waals surface area contributed by atoms with Crippen molar-refractivity contribution in [3.8, 4) is 11.1 Å². The molecule has 0 bridgehead atoms. The SMILES string of the molecule is Cc1nn2c(c1-c1ccccc1)NCC(c1ccccc1)C2. The zero-order chi connectivity index (χ0) is 14.9. The molecule has 0 spiro atoms. The number of nitrogens with zero attached hydrogens (tertiary/aromatic N) is 2. The Bertz CT molecular complexity index is 775. The Morgan fingerprint density at radius 3 is 2.41 bits per heavy atom. The van der Waals surface area contributed by atoms with E-state index in [4.69, 9.17) is 5.10 Å². The second kappa shape index (κ2) is 5.34. The molecule has 0 saturated carbocycles. The number of fused-ring (bicyclic) bond motifs is 1.